The van der Waals surface area contributed by atoms with Crippen LogP contribution in [0.1, 0.15) is 12.7 Å². The van der Waals surface area contributed by atoms with Crippen molar-refractivity contribution in [1.29, 1.82) is 0 Å². The SMILES string of the molecule is CCc1cnc(Br)o1. The fraction of sp³-hybridized carbons (Fsp3) is 0.400. The van der Waals surface area contributed by atoms with Crippen LogP contribution in [0.3, 0.4) is 0 Å². The molecule has 0 fully saturated rings. The topological polar surface area (TPSA) is 26.0 Å². The molecule has 0 saturated heterocycles. The molecule has 2 nitrogen and oxygen atoms in total. The van der Waals surface area contributed by atoms with Gasteiger partial charge in [0, 0.05) is 22.4 Å². The lowest BCUT2D eigenvalue weighted by Gasteiger charge is -1.79. The van der Waals surface area contributed by atoms with Crippen molar-refractivity contribution in [2.45, 2.75) is 13.3 Å². The van der Waals surface area contributed by atoms with Gasteiger partial charge in [0.2, 0.25) is 0 Å². The summed E-state index contributed by atoms with van der Waals surface area (Å²) in [5.74, 6) is 0.914. The van der Waals surface area contributed by atoms with E-state index in [-0.39, 0.29) is 0 Å². The molecule has 44 valence electrons. The van der Waals surface area contributed by atoms with Gasteiger partial charge in [-0.3, -0.25) is 0 Å². The van der Waals surface area contributed by atoms with Crippen molar-refractivity contribution in [3.8, 4) is 0 Å². The molecule has 0 aliphatic heterocycles. The molecule has 0 aliphatic rings. The van der Waals surface area contributed by atoms with Gasteiger partial charge < -0.3 is 4.42 Å². The molecule has 1 heterocycles. The number of nitrogens with zero attached hydrogens (tertiary/aromatic N) is 1. The van der Waals surface area contributed by atoms with Gasteiger partial charge in [-0.2, -0.15) is 0 Å². The summed E-state index contributed by atoms with van der Waals surface area (Å²) in [5.41, 5.74) is 0. The first-order chi connectivity index (χ1) is 3.83. The average molecular weight is 176 g/mol. The van der Waals surface area contributed by atoms with E-state index in [4.69, 9.17) is 4.42 Å². The van der Waals surface area contributed by atoms with E-state index < -0.39 is 0 Å². The molecule has 0 spiro atoms. The van der Waals surface area contributed by atoms with Crippen LogP contribution in [0.4, 0.5) is 0 Å². The normalized spacial score (nSPS) is 9.75. The number of rotatable bonds is 1. The Balaban J connectivity index is 2.84. The van der Waals surface area contributed by atoms with Crippen LogP contribution in [0.25, 0.3) is 0 Å². The predicted octanol–water partition coefficient (Wildman–Crippen LogP) is 2.00. The Kier molecular flexibility index (Phi) is 1.68. The monoisotopic (exact) mass is 175 g/mol. The van der Waals surface area contributed by atoms with Crippen molar-refractivity contribution in [3.05, 3.63) is 16.8 Å². The Morgan fingerprint density at radius 2 is 2.62 bits per heavy atom. The van der Waals surface area contributed by atoms with Crippen molar-refractivity contribution in [3.63, 3.8) is 0 Å². The zero-order valence-electron chi connectivity index (χ0n) is 4.52. The van der Waals surface area contributed by atoms with Gasteiger partial charge in [-0.05, 0) is 0 Å². The third kappa shape index (κ3) is 1.10. The van der Waals surface area contributed by atoms with Crippen molar-refractivity contribution >= 4 is 15.9 Å². The average Bonchev–Trinajstić information content (AvgIpc) is 2.14. The minimum atomic E-state index is 0.564. The zero-order chi connectivity index (χ0) is 5.98. The van der Waals surface area contributed by atoms with Crippen LogP contribution in [-0.4, -0.2) is 4.98 Å². The molecule has 0 aliphatic carbocycles. The number of halogens is 1. The van der Waals surface area contributed by atoms with E-state index in [0.717, 1.165) is 12.2 Å². The molecule has 0 radical (unpaired) electrons. The number of hydrogen-bond acceptors (Lipinski definition) is 2. The van der Waals surface area contributed by atoms with Gasteiger partial charge >= 0.3 is 0 Å². The summed E-state index contributed by atoms with van der Waals surface area (Å²) in [7, 11) is 0. The number of aryl methyl sites for hydroxylation is 1. The van der Waals surface area contributed by atoms with Crippen molar-refractivity contribution < 1.29 is 4.42 Å². The lowest BCUT2D eigenvalue weighted by Crippen LogP contribution is -1.67. The quantitative estimate of drug-likeness (QED) is 0.653. The largest absolute Gasteiger partial charge is 0.436 e. The summed E-state index contributed by atoms with van der Waals surface area (Å²) < 4.78 is 5.04. The van der Waals surface area contributed by atoms with Crippen LogP contribution in [0.2, 0.25) is 0 Å². The summed E-state index contributed by atoms with van der Waals surface area (Å²) in [4.78, 5) is 4.40. The Morgan fingerprint density at radius 1 is 1.88 bits per heavy atom. The molecule has 1 aromatic rings. The van der Waals surface area contributed by atoms with E-state index in [0.29, 0.717) is 4.80 Å². The lowest BCUT2D eigenvalue weighted by atomic mass is 10.4. The van der Waals surface area contributed by atoms with E-state index in [9.17, 15) is 0 Å². The van der Waals surface area contributed by atoms with Crippen LogP contribution in [0, 0.1) is 0 Å². The highest BCUT2D eigenvalue weighted by molar-refractivity contribution is 9.10. The maximum atomic E-state index is 5.04. The molecule has 0 unspecified atom stereocenters. The molecule has 0 N–H and O–H groups in total. The molecule has 0 bridgehead atoms. The van der Waals surface area contributed by atoms with Crippen LogP contribution >= 0.6 is 15.9 Å². The highest BCUT2D eigenvalue weighted by Crippen LogP contribution is 2.09. The fourth-order valence-electron chi connectivity index (χ4n) is 0.447. The first-order valence-electron chi connectivity index (χ1n) is 2.43. The smallest absolute Gasteiger partial charge is 0.264 e. The van der Waals surface area contributed by atoms with E-state index in [1.54, 1.807) is 6.20 Å². The maximum Gasteiger partial charge on any atom is 0.264 e. The van der Waals surface area contributed by atoms with Gasteiger partial charge in [0.1, 0.15) is 5.76 Å². The first-order valence-corrected chi connectivity index (χ1v) is 3.22. The third-order valence-electron chi connectivity index (χ3n) is 0.874. The van der Waals surface area contributed by atoms with Gasteiger partial charge in [-0.15, -0.1) is 0 Å². The van der Waals surface area contributed by atoms with Gasteiger partial charge in [0.15, 0.2) is 0 Å². The van der Waals surface area contributed by atoms with Gasteiger partial charge in [0.25, 0.3) is 4.80 Å². The number of aromatic nitrogens is 1. The lowest BCUT2D eigenvalue weighted by molar-refractivity contribution is 0.485. The molecule has 0 atom stereocenters. The minimum absolute atomic E-state index is 0.564. The second-order valence-corrected chi connectivity index (χ2v) is 2.11. The molecule has 1 aromatic heterocycles. The highest BCUT2D eigenvalue weighted by atomic mass is 79.9. The molecule has 8 heavy (non-hydrogen) atoms. The molecular weight excluding hydrogens is 170 g/mol. The fourth-order valence-corrected chi connectivity index (χ4v) is 0.757. The minimum Gasteiger partial charge on any atom is -0.436 e. The summed E-state index contributed by atoms with van der Waals surface area (Å²) in [5, 5.41) is 0. The molecule has 0 saturated carbocycles. The Labute approximate surface area is 56.0 Å². The summed E-state index contributed by atoms with van der Waals surface area (Å²) in [6.45, 7) is 2.02. The second-order valence-electron chi connectivity index (χ2n) is 1.43. The summed E-state index contributed by atoms with van der Waals surface area (Å²) in [6.07, 6.45) is 2.61. The van der Waals surface area contributed by atoms with Crippen molar-refractivity contribution in [1.82, 2.24) is 4.98 Å². The molecular formula is C5H6BrNO. The highest BCUT2D eigenvalue weighted by Gasteiger charge is 1.94. The van der Waals surface area contributed by atoms with Crippen molar-refractivity contribution in [2.75, 3.05) is 0 Å². The van der Waals surface area contributed by atoms with Crippen LogP contribution < -0.4 is 0 Å². The van der Waals surface area contributed by atoms with E-state index >= 15 is 0 Å². The Bertz CT molecular complexity index is 173. The molecule has 0 amide bonds. The van der Waals surface area contributed by atoms with Crippen LogP contribution in [0.5, 0.6) is 0 Å². The predicted molar refractivity (Wildman–Crippen MR) is 33.6 cm³/mol. The summed E-state index contributed by atoms with van der Waals surface area (Å²) >= 11 is 3.10. The Hall–Kier alpha value is -0.310. The standard InChI is InChI=1S/C5H6BrNO/c1-2-4-3-7-5(6)8-4/h3H,2H2,1H3. The van der Waals surface area contributed by atoms with E-state index in [1.165, 1.54) is 0 Å². The Morgan fingerprint density at radius 3 is 2.88 bits per heavy atom. The number of oxazole rings is 1. The molecule has 3 heteroatoms. The second kappa shape index (κ2) is 2.31. The van der Waals surface area contributed by atoms with E-state index in [1.807, 2.05) is 6.92 Å². The third-order valence-corrected chi connectivity index (χ3v) is 1.24. The first kappa shape index (κ1) is 5.82. The van der Waals surface area contributed by atoms with Gasteiger partial charge in [0.05, 0.1) is 6.20 Å². The zero-order valence-corrected chi connectivity index (χ0v) is 6.10. The van der Waals surface area contributed by atoms with Crippen LogP contribution in [0.15, 0.2) is 15.4 Å². The van der Waals surface area contributed by atoms with Gasteiger partial charge in [-0.25, -0.2) is 4.98 Å². The number of hydrogen-bond donors (Lipinski definition) is 0. The van der Waals surface area contributed by atoms with Crippen LogP contribution in [-0.2, 0) is 6.42 Å². The summed E-state index contributed by atoms with van der Waals surface area (Å²) in [6, 6.07) is 0. The maximum absolute atomic E-state index is 5.04. The van der Waals surface area contributed by atoms with Crippen molar-refractivity contribution in [2.24, 2.45) is 0 Å². The molecule has 1 rings (SSSR count). The molecule has 0 aromatic carbocycles. The van der Waals surface area contributed by atoms with E-state index in [2.05, 4.69) is 20.9 Å². The van der Waals surface area contributed by atoms with Gasteiger partial charge in [-0.1, -0.05) is 6.92 Å².